The molecule has 134 valence electrons. The lowest BCUT2D eigenvalue weighted by atomic mass is 10.0. The van der Waals surface area contributed by atoms with Crippen LogP contribution in [0.25, 0.3) is 0 Å². The van der Waals surface area contributed by atoms with E-state index in [9.17, 15) is 9.18 Å². The normalized spacial score (nSPS) is 15.9. The highest BCUT2D eigenvalue weighted by molar-refractivity contribution is 7.08. The fraction of sp³-hybridized carbons (Fsp3) is 0.389. The van der Waals surface area contributed by atoms with Crippen molar-refractivity contribution in [2.75, 3.05) is 26.2 Å². The van der Waals surface area contributed by atoms with Gasteiger partial charge < -0.3 is 10.1 Å². The second-order valence-electron chi connectivity index (χ2n) is 6.03. The first kappa shape index (κ1) is 18.2. The molecule has 1 saturated heterocycles. The lowest BCUT2D eigenvalue weighted by Crippen LogP contribution is -2.45. The van der Waals surface area contributed by atoms with Crippen LogP contribution in [0.3, 0.4) is 0 Å². The van der Waals surface area contributed by atoms with Gasteiger partial charge >= 0.3 is 0 Å². The molecule has 1 N–H and O–H groups in total. The van der Waals surface area contributed by atoms with Crippen LogP contribution < -0.4 is 10.1 Å². The molecule has 0 spiro atoms. The summed E-state index contributed by atoms with van der Waals surface area (Å²) in [7, 11) is 0. The third kappa shape index (κ3) is 5.17. The van der Waals surface area contributed by atoms with Crippen molar-refractivity contribution in [2.45, 2.75) is 18.9 Å². The van der Waals surface area contributed by atoms with Gasteiger partial charge in [0.25, 0.3) is 5.91 Å². The fourth-order valence-corrected chi connectivity index (χ4v) is 3.58. The van der Waals surface area contributed by atoms with Crippen molar-refractivity contribution in [1.82, 2.24) is 10.2 Å². The highest BCUT2D eigenvalue weighted by atomic mass is 35.5. The van der Waals surface area contributed by atoms with Gasteiger partial charge in [-0.25, -0.2) is 4.39 Å². The fourth-order valence-electron chi connectivity index (χ4n) is 2.82. The Kier molecular flexibility index (Phi) is 6.29. The van der Waals surface area contributed by atoms with Crippen LogP contribution in [0.1, 0.15) is 23.2 Å². The van der Waals surface area contributed by atoms with Crippen molar-refractivity contribution in [3.63, 3.8) is 0 Å². The van der Waals surface area contributed by atoms with Crippen molar-refractivity contribution in [2.24, 2.45) is 0 Å². The summed E-state index contributed by atoms with van der Waals surface area (Å²) in [5.74, 6) is 0.0222. The van der Waals surface area contributed by atoms with Gasteiger partial charge in [0.05, 0.1) is 5.02 Å². The van der Waals surface area contributed by atoms with E-state index in [0.717, 1.165) is 38.0 Å². The largest absolute Gasteiger partial charge is 0.492 e. The van der Waals surface area contributed by atoms with E-state index in [1.54, 1.807) is 6.07 Å². The zero-order valence-electron chi connectivity index (χ0n) is 13.7. The Morgan fingerprint density at radius 3 is 2.84 bits per heavy atom. The second kappa shape index (κ2) is 8.65. The van der Waals surface area contributed by atoms with E-state index in [4.69, 9.17) is 16.3 Å². The van der Waals surface area contributed by atoms with Crippen LogP contribution in [0.15, 0.2) is 35.0 Å². The quantitative estimate of drug-likeness (QED) is 0.825. The number of nitrogens with one attached hydrogen (secondary N) is 1. The molecule has 0 saturated carbocycles. The first-order valence-electron chi connectivity index (χ1n) is 8.25. The summed E-state index contributed by atoms with van der Waals surface area (Å²) in [5.41, 5.74) is 0.732. The van der Waals surface area contributed by atoms with E-state index < -0.39 is 5.82 Å². The summed E-state index contributed by atoms with van der Waals surface area (Å²) in [6.45, 7) is 3.09. The zero-order chi connectivity index (χ0) is 17.6. The number of hydrogen-bond donors (Lipinski definition) is 1. The molecule has 0 aliphatic carbocycles. The van der Waals surface area contributed by atoms with Crippen molar-refractivity contribution >= 4 is 28.8 Å². The lowest BCUT2D eigenvalue weighted by molar-refractivity contribution is 0.0906. The number of hydrogen-bond acceptors (Lipinski definition) is 4. The Morgan fingerprint density at radius 2 is 2.16 bits per heavy atom. The summed E-state index contributed by atoms with van der Waals surface area (Å²) < 4.78 is 18.9. The Morgan fingerprint density at radius 1 is 1.36 bits per heavy atom. The molecule has 1 fully saturated rings. The van der Waals surface area contributed by atoms with Gasteiger partial charge in [0.15, 0.2) is 0 Å². The molecule has 2 aromatic rings. The first-order chi connectivity index (χ1) is 12.1. The summed E-state index contributed by atoms with van der Waals surface area (Å²) in [6.07, 6.45) is 1.84. The monoisotopic (exact) mass is 382 g/mol. The van der Waals surface area contributed by atoms with Crippen LogP contribution in [0.5, 0.6) is 5.75 Å². The Bertz CT molecular complexity index is 703. The highest BCUT2D eigenvalue weighted by Crippen LogP contribution is 2.20. The molecule has 0 radical (unpaired) electrons. The number of amides is 1. The van der Waals surface area contributed by atoms with E-state index in [1.807, 2.05) is 16.8 Å². The first-order valence-corrected chi connectivity index (χ1v) is 9.57. The number of benzene rings is 1. The average molecular weight is 383 g/mol. The van der Waals surface area contributed by atoms with Crippen LogP contribution in [-0.4, -0.2) is 43.1 Å². The van der Waals surface area contributed by atoms with E-state index in [2.05, 4.69) is 10.2 Å². The maximum atomic E-state index is 13.4. The SMILES string of the molecule is O=C(NC1CCN(CCOc2ccc(Cl)c(F)c2)CC1)c1ccsc1. The Balaban J connectivity index is 1.36. The van der Waals surface area contributed by atoms with Gasteiger partial charge in [-0.3, -0.25) is 9.69 Å². The minimum atomic E-state index is -0.471. The molecule has 3 rings (SSSR count). The second-order valence-corrected chi connectivity index (χ2v) is 7.21. The van der Waals surface area contributed by atoms with E-state index >= 15 is 0 Å². The van der Waals surface area contributed by atoms with Gasteiger partial charge in [0, 0.05) is 42.7 Å². The van der Waals surface area contributed by atoms with Gasteiger partial charge in [-0.1, -0.05) is 11.6 Å². The smallest absolute Gasteiger partial charge is 0.252 e. The van der Waals surface area contributed by atoms with Crippen LogP contribution >= 0.6 is 22.9 Å². The Hall–Kier alpha value is -1.63. The van der Waals surface area contributed by atoms with Crippen LogP contribution in [0.4, 0.5) is 4.39 Å². The molecule has 25 heavy (non-hydrogen) atoms. The van der Waals surface area contributed by atoms with Crippen molar-refractivity contribution < 1.29 is 13.9 Å². The maximum absolute atomic E-state index is 13.4. The van der Waals surface area contributed by atoms with Gasteiger partial charge in [-0.2, -0.15) is 11.3 Å². The maximum Gasteiger partial charge on any atom is 0.252 e. The standard InChI is InChI=1S/C18H20ClFN2O2S/c19-16-2-1-15(11-17(16)20)24-9-8-22-6-3-14(4-7-22)21-18(23)13-5-10-25-12-13/h1-2,5,10-12,14H,3-4,6-9H2,(H,21,23). The summed E-state index contributed by atoms with van der Waals surface area (Å²) in [5, 5.41) is 6.96. The number of halogens is 2. The number of likely N-dealkylation sites (tertiary alicyclic amines) is 1. The van der Waals surface area contributed by atoms with Crippen molar-refractivity contribution in [1.29, 1.82) is 0 Å². The molecule has 0 atom stereocenters. The topological polar surface area (TPSA) is 41.6 Å². The number of thiophene rings is 1. The minimum Gasteiger partial charge on any atom is -0.492 e. The molecule has 1 aromatic heterocycles. The number of carbonyl (C=O) groups excluding carboxylic acids is 1. The van der Waals surface area contributed by atoms with Gasteiger partial charge in [-0.15, -0.1) is 0 Å². The van der Waals surface area contributed by atoms with E-state index in [0.29, 0.717) is 12.4 Å². The molecule has 1 amide bonds. The highest BCUT2D eigenvalue weighted by Gasteiger charge is 2.21. The molecule has 1 aliphatic heterocycles. The van der Waals surface area contributed by atoms with Crippen LogP contribution in [0, 0.1) is 5.82 Å². The van der Waals surface area contributed by atoms with Crippen LogP contribution in [0.2, 0.25) is 5.02 Å². The predicted molar refractivity (Wildman–Crippen MR) is 98.2 cm³/mol. The number of nitrogens with zero attached hydrogens (tertiary/aromatic N) is 1. The van der Waals surface area contributed by atoms with E-state index in [1.165, 1.54) is 23.5 Å². The third-order valence-corrected chi connectivity index (χ3v) is 5.26. The summed E-state index contributed by atoms with van der Waals surface area (Å²) >= 11 is 7.18. The number of carbonyl (C=O) groups is 1. The van der Waals surface area contributed by atoms with Crippen molar-refractivity contribution in [3.05, 3.63) is 51.4 Å². The van der Waals surface area contributed by atoms with Gasteiger partial charge in [0.1, 0.15) is 18.2 Å². The molecular weight excluding hydrogens is 363 g/mol. The summed E-state index contributed by atoms with van der Waals surface area (Å²) in [4.78, 5) is 14.3. The molecule has 1 aliphatic rings. The molecule has 7 heteroatoms. The molecule has 2 heterocycles. The number of ether oxygens (including phenoxy) is 1. The zero-order valence-corrected chi connectivity index (χ0v) is 15.3. The van der Waals surface area contributed by atoms with E-state index in [-0.39, 0.29) is 17.0 Å². The minimum absolute atomic E-state index is 0.00722. The predicted octanol–water partition coefficient (Wildman–Crippen LogP) is 3.81. The van der Waals surface area contributed by atoms with Gasteiger partial charge in [-0.05, 0) is 36.4 Å². The van der Waals surface area contributed by atoms with Crippen LogP contribution in [-0.2, 0) is 0 Å². The molecule has 4 nitrogen and oxygen atoms in total. The third-order valence-electron chi connectivity index (χ3n) is 4.27. The molecule has 0 unspecified atom stereocenters. The number of rotatable bonds is 6. The van der Waals surface area contributed by atoms with Gasteiger partial charge in [0.2, 0.25) is 0 Å². The molecule has 1 aromatic carbocycles. The average Bonchev–Trinajstić information content (AvgIpc) is 3.14. The molecule has 0 bridgehead atoms. The summed E-state index contributed by atoms with van der Waals surface area (Å²) in [6, 6.07) is 6.52. The lowest BCUT2D eigenvalue weighted by Gasteiger charge is -2.32. The Labute approximate surface area is 155 Å². The number of piperidine rings is 1. The van der Waals surface area contributed by atoms with Crippen molar-refractivity contribution in [3.8, 4) is 5.75 Å². The molecular formula is C18H20ClFN2O2S.